The molecule has 2 aliphatic rings. The Kier molecular flexibility index (Phi) is 11.9. The molecule has 378 valence electrons. The quantitative estimate of drug-likeness (QED) is 0.128. The van der Waals surface area contributed by atoms with Gasteiger partial charge < -0.3 is 9.80 Å². The Hall–Kier alpha value is -10.7. The van der Waals surface area contributed by atoms with Crippen LogP contribution in [-0.4, -0.2) is 21.7 Å². The average molecular weight is 1030 g/mol. The molecule has 0 fully saturated rings. The van der Waals surface area contributed by atoms with Gasteiger partial charge in [0.25, 0.3) is 6.71 Å². The van der Waals surface area contributed by atoms with E-state index in [-0.39, 0.29) is 6.71 Å². The van der Waals surface area contributed by atoms with Gasteiger partial charge in [0.05, 0.1) is 11.4 Å². The summed E-state index contributed by atoms with van der Waals surface area (Å²) >= 11 is 0. The van der Waals surface area contributed by atoms with Crippen LogP contribution < -0.4 is 26.2 Å². The van der Waals surface area contributed by atoms with E-state index >= 15 is 0 Å². The largest absolute Gasteiger partial charge is 0.311 e. The fourth-order valence-corrected chi connectivity index (χ4v) is 12.2. The summed E-state index contributed by atoms with van der Waals surface area (Å²) in [7, 11) is 0. The lowest BCUT2D eigenvalue weighted by Crippen LogP contribution is -2.61. The Labute approximate surface area is 472 Å². The van der Waals surface area contributed by atoms with Crippen LogP contribution in [0.5, 0.6) is 0 Å². The number of nitrogens with zero attached hydrogens (tertiary/aromatic N) is 5. The van der Waals surface area contributed by atoms with Crippen LogP contribution in [0.15, 0.2) is 303 Å². The van der Waals surface area contributed by atoms with Crippen LogP contribution in [0.1, 0.15) is 0 Å². The Morgan fingerprint density at radius 3 is 1.05 bits per heavy atom. The number of anilines is 6. The number of aromatic nitrogens is 3. The van der Waals surface area contributed by atoms with Crippen molar-refractivity contribution >= 4 is 57.2 Å². The number of hydrogen-bond acceptors (Lipinski definition) is 5. The number of fused-ring (bicyclic) bond motifs is 4. The van der Waals surface area contributed by atoms with E-state index < -0.39 is 0 Å². The van der Waals surface area contributed by atoms with Gasteiger partial charge in [-0.3, -0.25) is 0 Å². The molecule has 0 atom stereocenters. The van der Waals surface area contributed by atoms with Crippen molar-refractivity contribution < 1.29 is 0 Å². The minimum Gasteiger partial charge on any atom is -0.311 e. The molecule has 0 unspecified atom stereocenters. The monoisotopic (exact) mass is 1030 g/mol. The fraction of sp³-hybridized carbons (Fsp3) is 0. The maximum atomic E-state index is 5.52. The van der Waals surface area contributed by atoms with Crippen LogP contribution in [0.4, 0.5) is 34.1 Å². The number of para-hydroxylation sites is 1. The van der Waals surface area contributed by atoms with E-state index in [2.05, 4.69) is 277 Å². The predicted octanol–water partition coefficient (Wildman–Crippen LogP) is 17.3. The van der Waals surface area contributed by atoms with Crippen molar-refractivity contribution in [3.05, 3.63) is 303 Å². The molecule has 6 heteroatoms. The second-order valence-electron chi connectivity index (χ2n) is 20.7. The molecule has 0 saturated carbocycles. The highest BCUT2D eigenvalue weighted by molar-refractivity contribution is 7.00. The fourth-order valence-electron chi connectivity index (χ4n) is 12.2. The number of benzene rings is 12. The Balaban J connectivity index is 1.10. The smallest absolute Gasteiger partial charge is 0.252 e. The summed E-state index contributed by atoms with van der Waals surface area (Å²) in [6, 6.07) is 109. The zero-order chi connectivity index (χ0) is 53.6. The molecule has 81 heavy (non-hydrogen) atoms. The summed E-state index contributed by atoms with van der Waals surface area (Å²) in [4.78, 5) is 21.3. The van der Waals surface area contributed by atoms with Gasteiger partial charge in [0.1, 0.15) is 0 Å². The highest BCUT2D eigenvalue weighted by Crippen LogP contribution is 2.52. The van der Waals surface area contributed by atoms with Crippen LogP contribution in [0, 0.1) is 0 Å². The number of hydrogen-bond donors (Lipinski definition) is 0. The molecule has 15 rings (SSSR count). The van der Waals surface area contributed by atoms with Crippen molar-refractivity contribution in [2.24, 2.45) is 0 Å². The van der Waals surface area contributed by atoms with Gasteiger partial charge in [-0.1, -0.05) is 267 Å². The Bertz CT molecular complexity index is 4310. The molecule has 0 spiro atoms. The third kappa shape index (κ3) is 8.49. The average Bonchev–Trinajstić information content (AvgIpc) is 2.91. The SMILES string of the molecule is c1ccc(-c2ccc(N3c4ccc(-c5ccccc5)cc4B4c5cc(-c6ccccc6)ccc5N(c5c(-c6ccccc6)cccc5-c5ccccc5)c5ccc(-c6nc(-c7ccccc7)nc(-c7ccccc7)n6)c3c54)cc2)cc1. The summed E-state index contributed by atoms with van der Waals surface area (Å²) < 4.78 is 0. The van der Waals surface area contributed by atoms with E-state index in [1.807, 2.05) is 36.4 Å². The third-order valence-electron chi connectivity index (χ3n) is 15.9. The van der Waals surface area contributed by atoms with Crippen LogP contribution in [0.25, 0.3) is 89.8 Å². The van der Waals surface area contributed by atoms with Gasteiger partial charge in [0.2, 0.25) is 0 Å². The van der Waals surface area contributed by atoms with Crippen LogP contribution in [0.2, 0.25) is 0 Å². The lowest BCUT2D eigenvalue weighted by Gasteiger charge is -2.45. The van der Waals surface area contributed by atoms with Gasteiger partial charge >= 0.3 is 0 Å². The maximum absolute atomic E-state index is 5.52. The molecule has 2 aliphatic heterocycles. The van der Waals surface area contributed by atoms with E-state index in [1.165, 1.54) is 10.9 Å². The van der Waals surface area contributed by atoms with Crippen molar-refractivity contribution in [3.8, 4) is 89.8 Å². The van der Waals surface area contributed by atoms with Gasteiger partial charge in [-0.2, -0.15) is 0 Å². The zero-order valence-corrected chi connectivity index (χ0v) is 44.2. The second-order valence-corrected chi connectivity index (χ2v) is 20.7. The molecule has 0 bridgehead atoms. The van der Waals surface area contributed by atoms with E-state index in [1.54, 1.807) is 0 Å². The van der Waals surface area contributed by atoms with Crippen molar-refractivity contribution in [1.82, 2.24) is 15.0 Å². The molecule has 3 heterocycles. The molecule has 13 aromatic rings. The van der Waals surface area contributed by atoms with E-state index in [9.17, 15) is 0 Å². The zero-order valence-electron chi connectivity index (χ0n) is 44.2. The molecular weight excluding hydrogens is 982 g/mol. The summed E-state index contributed by atoms with van der Waals surface area (Å²) in [6.07, 6.45) is 0. The van der Waals surface area contributed by atoms with Gasteiger partial charge in [-0.05, 0) is 97.3 Å². The van der Waals surface area contributed by atoms with Crippen molar-refractivity contribution in [1.29, 1.82) is 0 Å². The maximum Gasteiger partial charge on any atom is 0.252 e. The highest BCUT2D eigenvalue weighted by Gasteiger charge is 2.46. The molecule has 1 aromatic heterocycles. The van der Waals surface area contributed by atoms with E-state index in [0.717, 1.165) is 112 Å². The summed E-state index contributed by atoms with van der Waals surface area (Å²) in [5.74, 6) is 1.79. The summed E-state index contributed by atoms with van der Waals surface area (Å²) in [5, 5.41) is 0. The van der Waals surface area contributed by atoms with Crippen molar-refractivity contribution in [3.63, 3.8) is 0 Å². The molecule has 5 nitrogen and oxygen atoms in total. The molecular formula is C75H50BN5. The summed E-state index contributed by atoms with van der Waals surface area (Å²) in [5.41, 5.74) is 24.1. The molecule has 0 radical (unpaired) electrons. The minimum absolute atomic E-state index is 0.253. The van der Waals surface area contributed by atoms with Crippen LogP contribution in [-0.2, 0) is 0 Å². The topological polar surface area (TPSA) is 45.2 Å². The predicted molar refractivity (Wildman–Crippen MR) is 337 cm³/mol. The standard InChI is InChI=1S/C75H50BN5/c1-8-23-51(24-9-1)54-39-43-61(44-40-54)80-67-46-41-59(52-25-10-2-11-26-52)49-65(67)76-66-50-60(53-27-12-3-13-28-53)42-47-68(66)81(71-62(55-29-14-4-15-30-55)37-22-38-63(71)56-31-16-5-17-32-56)69-48-45-64(72(80)70(69)76)75-78-73(57-33-18-6-19-34-57)77-74(79-75)58-35-20-7-21-36-58/h1-50H. The molecule has 0 amide bonds. The molecule has 0 N–H and O–H groups in total. The number of rotatable bonds is 10. The first kappa shape index (κ1) is 47.5. The first-order chi connectivity index (χ1) is 40.2. The van der Waals surface area contributed by atoms with Crippen molar-refractivity contribution in [2.45, 2.75) is 0 Å². The highest BCUT2D eigenvalue weighted by atomic mass is 15.2. The Morgan fingerprint density at radius 2 is 0.593 bits per heavy atom. The van der Waals surface area contributed by atoms with Crippen molar-refractivity contribution in [2.75, 3.05) is 9.80 Å². The van der Waals surface area contributed by atoms with Gasteiger partial charge in [-0.25, -0.2) is 15.0 Å². The molecule has 0 aliphatic carbocycles. The molecule has 0 saturated heterocycles. The second kappa shape index (κ2) is 20.3. The first-order valence-electron chi connectivity index (χ1n) is 27.6. The minimum atomic E-state index is -0.253. The van der Waals surface area contributed by atoms with Gasteiger partial charge in [0, 0.05) is 50.6 Å². The lowest BCUT2D eigenvalue weighted by molar-refractivity contribution is 1.07. The van der Waals surface area contributed by atoms with Crippen LogP contribution >= 0.6 is 0 Å². The Morgan fingerprint density at radius 1 is 0.235 bits per heavy atom. The van der Waals surface area contributed by atoms with Crippen LogP contribution in [0.3, 0.4) is 0 Å². The summed E-state index contributed by atoms with van der Waals surface area (Å²) in [6.45, 7) is -0.253. The van der Waals surface area contributed by atoms with E-state index in [4.69, 9.17) is 15.0 Å². The van der Waals surface area contributed by atoms with E-state index in [0.29, 0.717) is 17.5 Å². The normalized spacial score (nSPS) is 12.1. The third-order valence-corrected chi connectivity index (χ3v) is 15.9. The van der Waals surface area contributed by atoms with Gasteiger partial charge in [-0.15, -0.1) is 0 Å². The van der Waals surface area contributed by atoms with Gasteiger partial charge in [0.15, 0.2) is 17.5 Å². The lowest BCUT2D eigenvalue weighted by atomic mass is 9.33. The molecule has 12 aromatic carbocycles. The first-order valence-corrected chi connectivity index (χ1v) is 27.6.